The molecule has 2 N–H and O–H groups in total. The normalized spacial score (nSPS) is 11.8. The summed E-state index contributed by atoms with van der Waals surface area (Å²) in [4.78, 5) is 12.2. The van der Waals surface area contributed by atoms with Crippen LogP contribution in [0.1, 0.15) is 22.8 Å². The number of phenolic OH excluding ortho intramolecular Hbond substituents is 1. The van der Waals surface area contributed by atoms with Crippen LogP contribution in [0.3, 0.4) is 0 Å². The molecule has 0 spiro atoms. The SMILES string of the molecule is C/C(C(=O)c1ccccc1O)=C(/O)c1ccccc1. The molecule has 0 aliphatic heterocycles. The Morgan fingerprint density at radius 1 is 0.947 bits per heavy atom. The van der Waals surface area contributed by atoms with Crippen LogP contribution in [-0.2, 0) is 0 Å². The topological polar surface area (TPSA) is 57.5 Å². The molecule has 3 nitrogen and oxygen atoms in total. The van der Waals surface area contributed by atoms with Gasteiger partial charge >= 0.3 is 0 Å². The molecule has 0 amide bonds. The van der Waals surface area contributed by atoms with E-state index in [0.717, 1.165) is 0 Å². The van der Waals surface area contributed by atoms with Crippen LogP contribution in [0.5, 0.6) is 5.75 Å². The Balaban J connectivity index is 2.42. The Bertz CT molecular complexity index is 627. The van der Waals surface area contributed by atoms with Gasteiger partial charge in [-0.15, -0.1) is 0 Å². The fourth-order valence-electron chi connectivity index (χ4n) is 1.79. The highest BCUT2D eigenvalue weighted by atomic mass is 16.3. The molecule has 0 unspecified atom stereocenters. The van der Waals surface area contributed by atoms with Crippen LogP contribution in [0.2, 0.25) is 0 Å². The monoisotopic (exact) mass is 254 g/mol. The Labute approximate surface area is 111 Å². The predicted octanol–water partition coefficient (Wildman–Crippen LogP) is 3.56. The molecule has 0 saturated carbocycles. The van der Waals surface area contributed by atoms with E-state index < -0.39 is 0 Å². The average molecular weight is 254 g/mol. The van der Waals surface area contributed by atoms with E-state index in [9.17, 15) is 15.0 Å². The van der Waals surface area contributed by atoms with Crippen molar-refractivity contribution in [1.82, 2.24) is 0 Å². The summed E-state index contributed by atoms with van der Waals surface area (Å²) in [6.45, 7) is 1.54. The number of ketones is 1. The second kappa shape index (κ2) is 5.40. The molecule has 96 valence electrons. The minimum absolute atomic E-state index is 0.0751. The third kappa shape index (κ3) is 2.65. The summed E-state index contributed by atoms with van der Waals surface area (Å²) in [6.07, 6.45) is 0. The van der Waals surface area contributed by atoms with Crippen LogP contribution in [0.25, 0.3) is 5.76 Å². The number of carbonyl (C=O) groups excluding carboxylic acids is 1. The summed E-state index contributed by atoms with van der Waals surface area (Å²) in [7, 11) is 0. The van der Waals surface area contributed by atoms with Gasteiger partial charge < -0.3 is 10.2 Å². The third-order valence-electron chi connectivity index (χ3n) is 2.89. The molecular formula is C16H14O3. The second-order valence-electron chi connectivity index (χ2n) is 4.19. The fraction of sp³-hybridized carbons (Fsp3) is 0.0625. The minimum Gasteiger partial charge on any atom is -0.507 e. The van der Waals surface area contributed by atoms with Gasteiger partial charge in [0.2, 0.25) is 0 Å². The zero-order valence-corrected chi connectivity index (χ0v) is 10.5. The lowest BCUT2D eigenvalue weighted by Crippen LogP contribution is -2.04. The summed E-state index contributed by atoms with van der Waals surface area (Å²) in [5.74, 6) is -0.555. The maximum atomic E-state index is 12.2. The van der Waals surface area contributed by atoms with Crippen molar-refractivity contribution < 1.29 is 15.0 Å². The molecule has 0 aliphatic rings. The number of rotatable bonds is 3. The molecule has 0 saturated heterocycles. The zero-order chi connectivity index (χ0) is 13.8. The van der Waals surface area contributed by atoms with E-state index >= 15 is 0 Å². The standard InChI is InChI=1S/C16H14O3/c1-11(15(18)12-7-3-2-4-8-12)16(19)13-9-5-6-10-14(13)17/h2-10,17-18H,1H3/b15-11-. The molecule has 0 fully saturated rings. The number of allylic oxidation sites excluding steroid dienone is 1. The van der Waals surface area contributed by atoms with Gasteiger partial charge in [-0.2, -0.15) is 0 Å². The highest BCUT2D eigenvalue weighted by molar-refractivity contribution is 6.13. The van der Waals surface area contributed by atoms with E-state index in [4.69, 9.17) is 0 Å². The third-order valence-corrected chi connectivity index (χ3v) is 2.89. The van der Waals surface area contributed by atoms with E-state index in [1.165, 1.54) is 19.1 Å². The molecule has 2 rings (SSSR count). The van der Waals surface area contributed by atoms with Crippen LogP contribution < -0.4 is 0 Å². The highest BCUT2D eigenvalue weighted by Gasteiger charge is 2.16. The smallest absolute Gasteiger partial charge is 0.196 e. The van der Waals surface area contributed by atoms with Crippen LogP contribution in [0.15, 0.2) is 60.2 Å². The first-order valence-corrected chi connectivity index (χ1v) is 5.89. The van der Waals surface area contributed by atoms with Crippen LogP contribution in [0, 0.1) is 0 Å². The lowest BCUT2D eigenvalue weighted by Gasteiger charge is -2.07. The van der Waals surface area contributed by atoms with Crippen molar-refractivity contribution in [3.63, 3.8) is 0 Å². The summed E-state index contributed by atoms with van der Waals surface area (Å²) in [5, 5.41) is 19.7. The van der Waals surface area contributed by atoms with Crippen LogP contribution >= 0.6 is 0 Å². The number of benzene rings is 2. The summed E-state index contributed by atoms with van der Waals surface area (Å²) in [5.41, 5.74) is 0.957. The first-order valence-electron chi connectivity index (χ1n) is 5.89. The molecule has 2 aromatic carbocycles. The number of aromatic hydroxyl groups is 1. The van der Waals surface area contributed by atoms with Gasteiger partial charge in [-0.3, -0.25) is 4.79 Å². The number of phenols is 1. The van der Waals surface area contributed by atoms with Gasteiger partial charge in [-0.05, 0) is 19.1 Å². The van der Waals surface area contributed by atoms with E-state index in [-0.39, 0.29) is 28.4 Å². The molecule has 0 atom stereocenters. The molecule has 3 heteroatoms. The number of aliphatic hydroxyl groups excluding tert-OH is 1. The van der Waals surface area contributed by atoms with Gasteiger partial charge in [0.15, 0.2) is 5.78 Å². The van der Waals surface area contributed by atoms with Crippen LogP contribution in [0.4, 0.5) is 0 Å². The van der Waals surface area contributed by atoms with Gasteiger partial charge in [0, 0.05) is 11.1 Å². The Morgan fingerprint density at radius 2 is 1.53 bits per heavy atom. The Morgan fingerprint density at radius 3 is 2.16 bits per heavy atom. The predicted molar refractivity (Wildman–Crippen MR) is 74.1 cm³/mol. The summed E-state index contributed by atoms with van der Waals surface area (Å²) >= 11 is 0. The number of aliphatic hydroxyl groups is 1. The van der Waals surface area contributed by atoms with Gasteiger partial charge in [0.1, 0.15) is 11.5 Å². The number of Topliss-reactive ketones (excluding diaryl/α,β-unsaturated/α-hetero) is 1. The van der Waals surface area contributed by atoms with Gasteiger partial charge in [-0.1, -0.05) is 42.5 Å². The van der Waals surface area contributed by atoms with Crippen molar-refractivity contribution >= 4 is 11.5 Å². The maximum absolute atomic E-state index is 12.2. The molecule has 2 aromatic rings. The molecule has 0 aliphatic carbocycles. The lowest BCUT2D eigenvalue weighted by atomic mass is 10.0. The molecule has 0 bridgehead atoms. The van der Waals surface area contributed by atoms with E-state index in [0.29, 0.717) is 5.56 Å². The first kappa shape index (κ1) is 12.9. The quantitative estimate of drug-likeness (QED) is 0.500. The molecule has 19 heavy (non-hydrogen) atoms. The number of para-hydroxylation sites is 1. The maximum Gasteiger partial charge on any atom is 0.196 e. The van der Waals surface area contributed by atoms with Crippen molar-refractivity contribution in [2.24, 2.45) is 0 Å². The van der Waals surface area contributed by atoms with Crippen molar-refractivity contribution in [2.75, 3.05) is 0 Å². The number of hydrogen-bond acceptors (Lipinski definition) is 3. The largest absolute Gasteiger partial charge is 0.507 e. The summed E-state index contributed by atoms with van der Waals surface area (Å²) < 4.78 is 0. The molecule has 0 radical (unpaired) electrons. The molecule has 0 heterocycles. The van der Waals surface area contributed by atoms with Crippen molar-refractivity contribution in [3.05, 3.63) is 71.3 Å². The number of hydrogen-bond donors (Lipinski definition) is 2. The summed E-state index contributed by atoms with van der Waals surface area (Å²) in [6, 6.07) is 15.1. The van der Waals surface area contributed by atoms with Gasteiger partial charge in [0.05, 0.1) is 5.56 Å². The average Bonchev–Trinajstić information content (AvgIpc) is 2.46. The van der Waals surface area contributed by atoms with E-state index in [2.05, 4.69) is 0 Å². The minimum atomic E-state index is -0.389. The number of carbonyl (C=O) groups is 1. The molecular weight excluding hydrogens is 240 g/mol. The lowest BCUT2D eigenvalue weighted by molar-refractivity contribution is 0.103. The first-order chi connectivity index (χ1) is 9.11. The highest BCUT2D eigenvalue weighted by Crippen LogP contribution is 2.23. The second-order valence-corrected chi connectivity index (χ2v) is 4.19. The fourth-order valence-corrected chi connectivity index (χ4v) is 1.79. The van der Waals surface area contributed by atoms with Crippen molar-refractivity contribution in [3.8, 4) is 5.75 Å². The van der Waals surface area contributed by atoms with E-state index in [1.807, 2.05) is 6.07 Å². The van der Waals surface area contributed by atoms with Crippen molar-refractivity contribution in [1.29, 1.82) is 0 Å². The Hall–Kier alpha value is -2.55. The molecule has 0 aromatic heterocycles. The van der Waals surface area contributed by atoms with E-state index in [1.54, 1.807) is 36.4 Å². The van der Waals surface area contributed by atoms with Crippen LogP contribution in [-0.4, -0.2) is 16.0 Å². The Kier molecular flexibility index (Phi) is 3.66. The van der Waals surface area contributed by atoms with Gasteiger partial charge in [0.25, 0.3) is 0 Å². The van der Waals surface area contributed by atoms with Gasteiger partial charge in [-0.25, -0.2) is 0 Å². The zero-order valence-electron chi connectivity index (χ0n) is 10.5. The van der Waals surface area contributed by atoms with Crippen molar-refractivity contribution in [2.45, 2.75) is 6.92 Å².